The van der Waals surface area contributed by atoms with Crippen molar-refractivity contribution in [3.63, 3.8) is 0 Å². The minimum atomic E-state index is -0.0949. The Balaban J connectivity index is 1.89. The molecule has 1 fully saturated rings. The highest BCUT2D eigenvalue weighted by molar-refractivity contribution is 8.00. The molecule has 0 heterocycles. The monoisotopic (exact) mass is 292 g/mol. The van der Waals surface area contributed by atoms with Crippen molar-refractivity contribution in [1.82, 2.24) is 0 Å². The molecular weight excluding hydrogens is 268 g/mol. The fraction of sp³-hybridized carbons (Fsp3) is 0.562. The molecule has 1 amide bonds. The van der Waals surface area contributed by atoms with E-state index < -0.39 is 0 Å². The van der Waals surface area contributed by atoms with Gasteiger partial charge in [0.05, 0.1) is 5.92 Å². The van der Waals surface area contributed by atoms with Crippen molar-refractivity contribution >= 4 is 23.4 Å². The molecule has 1 aromatic carbocycles. The molecule has 3 N–H and O–H groups in total. The Labute approximate surface area is 125 Å². The summed E-state index contributed by atoms with van der Waals surface area (Å²) >= 11 is 1.96. The zero-order valence-corrected chi connectivity index (χ0v) is 12.9. The molecule has 1 atom stereocenters. The van der Waals surface area contributed by atoms with Crippen molar-refractivity contribution < 1.29 is 4.79 Å². The third-order valence-electron chi connectivity index (χ3n) is 3.87. The Morgan fingerprint density at radius 2 is 2.00 bits per heavy atom. The van der Waals surface area contributed by atoms with Crippen LogP contribution in [0.5, 0.6) is 0 Å². The minimum Gasteiger partial charge on any atom is -0.330 e. The van der Waals surface area contributed by atoms with E-state index in [0.29, 0.717) is 6.54 Å². The van der Waals surface area contributed by atoms with Gasteiger partial charge in [0.25, 0.3) is 0 Å². The summed E-state index contributed by atoms with van der Waals surface area (Å²) in [6.07, 6.45) is 6.17. The predicted octanol–water partition coefficient (Wildman–Crippen LogP) is 3.64. The van der Waals surface area contributed by atoms with Gasteiger partial charge in [-0.15, -0.1) is 11.8 Å². The van der Waals surface area contributed by atoms with Gasteiger partial charge in [0.2, 0.25) is 5.91 Å². The van der Waals surface area contributed by atoms with E-state index >= 15 is 0 Å². The molecule has 0 aromatic heterocycles. The molecule has 0 radical (unpaired) electrons. The molecule has 1 unspecified atom stereocenters. The molecule has 1 aliphatic carbocycles. The number of rotatable bonds is 6. The van der Waals surface area contributed by atoms with Crippen molar-refractivity contribution in [2.45, 2.75) is 49.2 Å². The van der Waals surface area contributed by atoms with Crippen molar-refractivity contribution in [2.24, 2.45) is 11.7 Å². The normalized spacial score (nSPS) is 17.1. The molecule has 1 aromatic rings. The number of anilines is 1. The van der Waals surface area contributed by atoms with E-state index in [9.17, 15) is 4.79 Å². The van der Waals surface area contributed by atoms with Gasteiger partial charge < -0.3 is 11.1 Å². The van der Waals surface area contributed by atoms with E-state index in [1.165, 1.54) is 30.6 Å². The highest BCUT2D eigenvalue weighted by Gasteiger charge is 2.16. The maximum absolute atomic E-state index is 11.9. The first-order valence-corrected chi connectivity index (χ1v) is 8.38. The fourth-order valence-electron chi connectivity index (χ4n) is 2.52. The number of nitrogens with one attached hydrogen (secondary N) is 1. The van der Waals surface area contributed by atoms with E-state index in [4.69, 9.17) is 5.73 Å². The summed E-state index contributed by atoms with van der Waals surface area (Å²) in [5.74, 6) is -0.0752. The minimum absolute atomic E-state index is 0.0196. The Morgan fingerprint density at radius 1 is 1.35 bits per heavy atom. The van der Waals surface area contributed by atoms with Crippen LogP contribution in [0.15, 0.2) is 29.2 Å². The van der Waals surface area contributed by atoms with E-state index in [1.807, 2.05) is 30.8 Å². The molecule has 0 aliphatic heterocycles. The molecule has 110 valence electrons. The summed E-state index contributed by atoms with van der Waals surface area (Å²) < 4.78 is 0. The molecular formula is C16H24N2OS. The Morgan fingerprint density at radius 3 is 2.55 bits per heavy atom. The third-order valence-corrected chi connectivity index (χ3v) is 5.22. The summed E-state index contributed by atoms with van der Waals surface area (Å²) in [6, 6.07) is 8.17. The zero-order valence-electron chi connectivity index (χ0n) is 12.1. The second kappa shape index (κ2) is 7.70. The lowest BCUT2D eigenvalue weighted by Crippen LogP contribution is -2.28. The third kappa shape index (κ3) is 4.25. The summed E-state index contributed by atoms with van der Waals surface area (Å²) in [6.45, 7) is 2.39. The molecule has 1 aliphatic rings. The number of nitrogens with two attached hydrogens (primary N) is 1. The molecule has 0 bridgehead atoms. The van der Waals surface area contributed by atoms with Crippen LogP contribution >= 0.6 is 11.8 Å². The fourth-order valence-corrected chi connectivity index (χ4v) is 3.77. The van der Waals surface area contributed by atoms with Gasteiger partial charge in [0.15, 0.2) is 0 Å². The second-order valence-electron chi connectivity index (χ2n) is 5.38. The number of carbonyl (C=O) groups excluding carboxylic acids is 1. The maximum atomic E-state index is 11.9. The molecule has 3 nitrogen and oxygen atoms in total. The average Bonchev–Trinajstić information content (AvgIpc) is 2.95. The lowest BCUT2D eigenvalue weighted by Gasteiger charge is -2.13. The van der Waals surface area contributed by atoms with Gasteiger partial charge in [0, 0.05) is 22.4 Å². The number of hydrogen-bond donors (Lipinski definition) is 2. The van der Waals surface area contributed by atoms with Crippen LogP contribution in [-0.4, -0.2) is 17.7 Å². The van der Waals surface area contributed by atoms with Crippen molar-refractivity contribution in [3.05, 3.63) is 24.3 Å². The summed E-state index contributed by atoms with van der Waals surface area (Å²) in [5, 5.41) is 3.71. The number of thioether (sulfide) groups is 1. The molecule has 0 spiro atoms. The number of benzene rings is 1. The largest absolute Gasteiger partial charge is 0.330 e. The Hall–Kier alpha value is -1.00. The summed E-state index contributed by atoms with van der Waals surface area (Å²) in [4.78, 5) is 13.2. The van der Waals surface area contributed by atoms with Crippen molar-refractivity contribution in [1.29, 1.82) is 0 Å². The first kappa shape index (κ1) is 15.4. The number of amides is 1. The quantitative estimate of drug-likeness (QED) is 0.841. The summed E-state index contributed by atoms with van der Waals surface area (Å²) in [5.41, 5.74) is 6.45. The number of hydrogen-bond acceptors (Lipinski definition) is 3. The molecule has 0 saturated heterocycles. The van der Waals surface area contributed by atoms with Crippen LogP contribution in [-0.2, 0) is 4.79 Å². The van der Waals surface area contributed by atoms with Crippen LogP contribution < -0.4 is 11.1 Å². The van der Waals surface area contributed by atoms with Crippen LogP contribution in [0, 0.1) is 5.92 Å². The standard InChI is InChI=1S/C16H24N2OS/c1-2-12(11-17)16(19)18-13-7-9-15(10-8-13)20-14-5-3-4-6-14/h7-10,12,14H,2-6,11,17H2,1H3,(H,18,19). The lowest BCUT2D eigenvalue weighted by atomic mass is 10.1. The van der Waals surface area contributed by atoms with E-state index in [1.54, 1.807) is 0 Å². The predicted molar refractivity (Wildman–Crippen MR) is 86.0 cm³/mol. The van der Waals surface area contributed by atoms with Crippen LogP contribution in [0.25, 0.3) is 0 Å². The van der Waals surface area contributed by atoms with Crippen LogP contribution in [0.3, 0.4) is 0 Å². The van der Waals surface area contributed by atoms with Crippen molar-refractivity contribution in [3.8, 4) is 0 Å². The van der Waals surface area contributed by atoms with Gasteiger partial charge in [-0.05, 0) is 43.5 Å². The second-order valence-corrected chi connectivity index (χ2v) is 6.75. The average molecular weight is 292 g/mol. The zero-order chi connectivity index (χ0) is 14.4. The van der Waals surface area contributed by atoms with Crippen molar-refractivity contribution in [2.75, 3.05) is 11.9 Å². The highest BCUT2D eigenvalue weighted by Crippen LogP contribution is 2.34. The SMILES string of the molecule is CCC(CN)C(=O)Nc1ccc(SC2CCCC2)cc1. The van der Waals surface area contributed by atoms with Gasteiger partial charge in [0.1, 0.15) is 0 Å². The topological polar surface area (TPSA) is 55.1 Å². The van der Waals surface area contributed by atoms with E-state index in [0.717, 1.165) is 17.4 Å². The Kier molecular flexibility index (Phi) is 5.92. The summed E-state index contributed by atoms with van der Waals surface area (Å²) in [7, 11) is 0. The van der Waals surface area contributed by atoms with E-state index in [-0.39, 0.29) is 11.8 Å². The molecule has 1 saturated carbocycles. The van der Waals surface area contributed by atoms with E-state index in [2.05, 4.69) is 17.4 Å². The first-order chi connectivity index (χ1) is 9.72. The van der Waals surface area contributed by atoms with Crippen LogP contribution in [0.2, 0.25) is 0 Å². The van der Waals surface area contributed by atoms with Gasteiger partial charge in [-0.2, -0.15) is 0 Å². The maximum Gasteiger partial charge on any atom is 0.228 e. The number of carbonyl (C=O) groups is 1. The lowest BCUT2D eigenvalue weighted by molar-refractivity contribution is -0.119. The molecule has 20 heavy (non-hydrogen) atoms. The first-order valence-electron chi connectivity index (χ1n) is 7.50. The smallest absolute Gasteiger partial charge is 0.228 e. The Bertz CT molecular complexity index is 423. The van der Waals surface area contributed by atoms with Gasteiger partial charge in [-0.3, -0.25) is 4.79 Å². The van der Waals surface area contributed by atoms with Gasteiger partial charge in [-0.25, -0.2) is 0 Å². The van der Waals surface area contributed by atoms with Crippen LogP contribution in [0.4, 0.5) is 5.69 Å². The molecule has 2 rings (SSSR count). The van der Waals surface area contributed by atoms with Crippen LogP contribution in [0.1, 0.15) is 39.0 Å². The molecule has 4 heteroatoms. The van der Waals surface area contributed by atoms with Gasteiger partial charge >= 0.3 is 0 Å². The highest BCUT2D eigenvalue weighted by atomic mass is 32.2. The van der Waals surface area contributed by atoms with Gasteiger partial charge in [-0.1, -0.05) is 19.8 Å².